The van der Waals surface area contributed by atoms with Gasteiger partial charge < -0.3 is 14.2 Å². The first kappa shape index (κ1) is 19.0. The van der Waals surface area contributed by atoms with Gasteiger partial charge in [0.05, 0.1) is 11.0 Å². The van der Waals surface area contributed by atoms with E-state index in [-0.39, 0.29) is 37.2 Å². The van der Waals surface area contributed by atoms with Crippen LogP contribution in [0.1, 0.15) is 30.6 Å². The number of fused-ring (bicyclic) bond motifs is 1. The highest BCUT2D eigenvalue weighted by molar-refractivity contribution is 7.99. The van der Waals surface area contributed by atoms with E-state index in [0.29, 0.717) is 27.7 Å². The standard InChI is InChI=1S/C16H16N2O8S/c1-9(10-6-12-13(26-8-25-12)7-11(10)18(22)23)27-5-4-24-16(21)17-14(19)2-3-15(17)20/h6-7,9H,2-5,8H2,1H3. The third-order valence-corrected chi connectivity index (χ3v) is 5.22. The van der Waals surface area contributed by atoms with Gasteiger partial charge in [-0.05, 0) is 13.0 Å². The van der Waals surface area contributed by atoms with Gasteiger partial charge in [-0.25, -0.2) is 4.79 Å². The van der Waals surface area contributed by atoms with Crippen LogP contribution in [0.25, 0.3) is 0 Å². The van der Waals surface area contributed by atoms with E-state index >= 15 is 0 Å². The van der Waals surface area contributed by atoms with Crippen LogP contribution in [0.5, 0.6) is 11.5 Å². The molecule has 144 valence electrons. The Hall–Kier alpha value is -2.82. The number of nitro groups is 1. The molecule has 0 aliphatic carbocycles. The molecular weight excluding hydrogens is 380 g/mol. The number of carbonyl (C=O) groups is 3. The fraction of sp³-hybridized carbons (Fsp3) is 0.438. The Morgan fingerprint density at radius 1 is 1.30 bits per heavy atom. The number of hydrogen-bond acceptors (Lipinski definition) is 9. The second-order valence-electron chi connectivity index (χ2n) is 5.77. The first-order valence-electron chi connectivity index (χ1n) is 8.10. The lowest BCUT2D eigenvalue weighted by Crippen LogP contribution is -2.36. The lowest BCUT2D eigenvalue weighted by molar-refractivity contribution is -0.385. The molecule has 1 aromatic carbocycles. The van der Waals surface area contributed by atoms with Crippen molar-refractivity contribution in [3.63, 3.8) is 0 Å². The van der Waals surface area contributed by atoms with E-state index in [1.54, 1.807) is 13.0 Å². The zero-order valence-electron chi connectivity index (χ0n) is 14.3. The van der Waals surface area contributed by atoms with Crippen molar-refractivity contribution in [3.8, 4) is 11.5 Å². The van der Waals surface area contributed by atoms with E-state index in [9.17, 15) is 24.5 Å². The van der Waals surface area contributed by atoms with Crippen LogP contribution in [0, 0.1) is 10.1 Å². The number of amides is 3. The maximum Gasteiger partial charge on any atom is 0.423 e. The molecule has 2 aliphatic heterocycles. The molecule has 1 fully saturated rings. The molecule has 0 N–H and O–H groups in total. The SMILES string of the molecule is CC(SCCOC(=O)N1C(=O)CCC1=O)c1cc2c(cc1[N+](=O)[O-])OCO2. The van der Waals surface area contributed by atoms with Gasteiger partial charge in [0, 0.05) is 29.4 Å². The lowest BCUT2D eigenvalue weighted by atomic mass is 10.1. The molecule has 1 atom stereocenters. The molecule has 2 heterocycles. The van der Waals surface area contributed by atoms with Crippen LogP contribution in [-0.4, -0.2) is 46.9 Å². The van der Waals surface area contributed by atoms with Crippen molar-refractivity contribution in [1.82, 2.24) is 4.90 Å². The Labute approximate surface area is 157 Å². The van der Waals surface area contributed by atoms with Gasteiger partial charge in [0.25, 0.3) is 5.69 Å². The van der Waals surface area contributed by atoms with E-state index in [1.165, 1.54) is 17.8 Å². The zero-order valence-corrected chi connectivity index (χ0v) is 15.2. The minimum absolute atomic E-state index is 0.00744. The fourth-order valence-corrected chi connectivity index (χ4v) is 3.62. The topological polar surface area (TPSA) is 125 Å². The molecule has 1 saturated heterocycles. The van der Waals surface area contributed by atoms with Gasteiger partial charge >= 0.3 is 6.09 Å². The maximum atomic E-state index is 11.8. The number of nitrogens with zero attached hydrogens (tertiary/aromatic N) is 2. The molecule has 1 aromatic rings. The summed E-state index contributed by atoms with van der Waals surface area (Å²) in [6.07, 6.45) is -0.967. The van der Waals surface area contributed by atoms with Gasteiger partial charge in [-0.15, -0.1) is 0 Å². The Morgan fingerprint density at radius 2 is 1.93 bits per heavy atom. The van der Waals surface area contributed by atoms with Crippen molar-refractivity contribution in [2.45, 2.75) is 25.0 Å². The van der Waals surface area contributed by atoms with Gasteiger partial charge in [-0.2, -0.15) is 16.7 Å². The van der Waals surface area contributed by atoms with Gasteiger partial charge in [-0.3, -0.25) is 19.7 Å². The molecule has 0 bridgehead atoms. The number of nitro benzene ring substituents is 1. The lowest BCUT2D eigenvalue weighted by Gasteiger charge is -2.14. The van der Waals surface area contributed by atoms with Gasteiger partial charge in [0.1, 0.15) is 6.61 Å². The third-order valence-electron chi connectivity index (χ3n) is 4.07. The van der Waals surface area contributed by atoms with Crippen molar-refractivity contribution in [2.24, 2.45) is 0 Å². The van der Waals surface area contributed by atoms with Crippen molar-refractivity contribution >= 4 is 35.4 Å². The van der Waals surface area contributed by atoms with Crippen molar-refractivity contribution in [1.29, 1.82) is 0 Å². The number of likely N-dealkylation sites (tertiary alicyclic amines) is 1. The van der Waals surface area contributed by atoms with E-state index in [0.717, 1.165) is 0 Å². The average Bonchev–Trinajstić information content (AvgIpc) is 3.22. The molecular formula is C16H16N2O8S. The summed E-state index contributed by atoms with van der Waals surface area (Å²) in [5, 5.41) is 11.0. The quantitative estimate of drug-likeness (QED) is 0.308. The van der Waals surface area contributed by atoms with Crippen LogP contribution in [0.15, 0.2) is 12.1 Å². The Morgan fingerprint density at radius 3 is 2.56 bits per heavy atom. The first-order valence-corrected chi connectivity index (χ1v) is 9.15. The average molecular weight is 396 g/mol. The van der Waals surface area contributed by atoms with Crippen LogP contribution >= 0.6 is 11.8 Å². The van der Waals surface area contributed by atoms with Crippen LogP contribution < -0.4 is 9.47 Å². The maximum absolute atomic E-state index is 11.8. The summed E-state index contributed by atoms with van der Waals surface area (Å²) >= 11 is 1.33. The number of hydrogen-bond donors (Lipinski definition) is 0. The predicted octanol–water partition coefficient (Wildman–Crippen LogP) is 2.40. The number of ether oxygens (including phenoxy) is 3. The molecule has 0 aromatic heterocycles. The molecule has 11 heteroatoms. The third kappa shape index (κ3) is 3.97. The molecule has 10 nitrogen and oxygen atoms in total. The summed E-state index contributed by atoms with van der Waals surface area (Å²) in [4.78, 5) is 46.0. The summed E-state index contributed by atoms with van der Waals surface area (Å²) in [6.45, 7) is 1.76. The monoisotopic (exact) mass is 396 g/mol. The normalized spacial score (nSPS) is 16.6. The number of thioether (sulfide) groups is 1. The van der Waals surface area contributed by atoms with Gasteiger partial charge in [0.2, 0.25) is 18.6 Å². The second kappa shape index (κ2) is 7.82. The second-order valence-corrected chi connectivity index (χ2v) is 7.22. The number of benzene rings is 1. The van der Waals surface area contributed by atoms with Crippen LogP contribution in [0.2, 0.25) is 0 Å². The van der Waals surface area contributed by atoms with E-state index in [2.05, 4.69) is 0 Å². The summed E-state index contributed by atoms with van der Waals surface area (Å²) in [6, 6.07) is 2.91. The van der Waals surface area contributed by atoms with Crippen molar-refractivity contribution in [3.05, 3.63) is 27.8 Å². The molecule has 3 amide bonds. The van der Waals surface area contributed by atoms with Crippen LogP contribution in [-0.2, 0) is 14.3 Å². The zero-order chi connectivity index (χ0) is 19.6. The Balaban J connectivity index is 1.56. The number of carbonyl (C=O) groups excluding carboxylic acids is 3. The molecule has 0 radical (unpaired) electrons. The minimum Gasteiger partial charge on any atom is -0.454 e. The Kier molecular flexibility index (Phi) is 5.49. The molecule has 27 heavy (non-hydrogen) atoms. The fourth-order valence-electron chi connectivity index (χ4n) is 2.72. The molecule has 2 aliphatic rings. The highest BCUT2D eigenvalue weighted by Gasteiger charge is 2.35. The number of imide groups is 3. The highest BCUT2D eigenvalue weighted by atomic mass is 32.2. The minimum atomic E-state index is -0.982. The highest BCUT2D eigenvalue weighted by Crippen LogP contribution is 2.43. The molecule has 1 unspecified atom stereocenters. The molecule has 3 rings (SSSR count). The van der Waals surface area contributed by atoms with E-state index < -0.39 is 22.8 Å². The summed E-state index contributed by atoms with van der Waals surface area (Å²) < 4.78 is 15.4. The smallest absolute Gasteiger partial charge is 0.423 e. The summed E-state index contributed by atoms with van der Waals surface area (Å²) in [7, 11) is 0. The molecule has 0 saturated carbocycles. The van der Waals surface area contributed by atoms with E-state index in [4.69, 9.17) is 14.2 Å². The van der Waals surface area contributed by atoms with Crippen molar-refractivity contribution < 1.29 is 33.5 Å². The van der Waals surface area contributed by atoms with Crippen molar-refractivity contribution in [2.75, 3.05) is 19.2 Å². The Bertz CT molecular complexity index is 796. The summed E-state index contributed by atoms with van der Waals surface area (Å²) in [5.41, 5.74) is 0.384. The number of rotatable bonds is 6. The summed E-state index contributed by atoms with van der Waals surface area (Å²) in [5.74, 6) is -0.0320. The predicted molar refractivity (Wildman–Crippen MR) is 92.5 cm³/mol. The first-order chi connectivity index (χ1) is 12.9. The van der Waals surface area contributed by atoms with Crippen LogP contribution in [0.4, 0.5) is 10.5 Å². The van der Waals surface area contributed by atoms with Gasteiger partial charge in [0.15, 0.2) is 11.5 Å². The van der Waals surface area contributed by atoms with E-state index in [1.807, 2.05) is 0 Å². The largest absolute Gasteiger partial charge is 0.454 e. The van der Waals surface area contributed by atoms with Crippen LogP contribution in [0.3, 0.4) is 0 Å². The van der Waals surface area contributed by atoms with Gasteiger partial charge in [-0.1, -0.05) is 0 Å². The molecule has 0 spiro atoms.